The van der Waals surface area contributed by atoms with Gasteiger partial charge in [-0.05, 0) is 32.4 Å². The van der Waals surface area contributed by atoms with Crippen LogP contribution in [0.25, 0.3) is 0 Å². The van der Waals surface area contributed by atoms with Crippen molar-refractivity contribution in [2.75, 3.05) is 34.2 Å². The molecule has 1 N–H and O–H groups in total. The summed E-state index contributed by atoms with van der Waals surface area (Å²) in [6.45, 7) is 4.32. The third kappa shape index (κ3) is 2.61. The van der Waals surface area contributed by atoms with Gasteiger partial charge >= 0.3 is 6.03 Å². The molecule has 0 spiro atoms. The van der Waals surface area contributed by atoms with E-state index in [0.29, 0.717) is 6.04 Å². The van der Waals surface area contributed by atoms with Crippen LogP contribution in [0.4, 0.5) is 4.79 Å². The fourth-order valence-electron chi connectivity index (χ4n) is 1.66. The highest BCUT2D eigenvalue weighted by Crippen LogP contribution is 2.15. The van der Waals surface area contributed by atoms with Crippen molar-refractivity contribution in [1.29, 1.82) is 0 Å². The van der Waals surface area contributed by atoms with Crippen LogP contribution >= 0.6 is 0 Å². The first-order valence-electron chi connectivity index (χ1n) is 5.17. The molecule has 14 heavy (non-hydrogen) atoms. The number of carbonyl (C=O) groups excluding carboxylic acids is 1. The summed E-state index contributed by atoms with van der Waals surface area (Å²) in [7, 11) is 5.45. The Kier molecular flexibility index (Phi) is 3.75. The van der Waals surface area contributed by atoms with E-state index in [1.165, 1.54) is 0 Å². The number of amides is 2. The number of hydrogen-bond donors (Lipinski definition) is 1. The first kappa shape index (κ1) is 11.3. The quantitative estimate of drug-likeness (QED) is 0.722. The Hall–Kier alpha value is -0.770. The van der Waals surface area contributed by atoms with Crippen LogP contribution in [0.1, 0.15) is 13.3 Å². The van der Waals surface area contributed by atoms with E-state index < -0.39 is 0 Å². The molecule has 0 bridgehead atoms. The molecule has 1 heterocycles. The minimum absolute atomic E-state index is 0.0878. The molecular formula is C10H21N3O. The lowest BCUT2D eigenvalue weighted by molar-refractivity contribution is 0.153. The molecule has 0 saturated carbocycles. The molecule has 0 aromatic heterocycles. The second-order valence-electron chi connectivity index (χ2n) is 4.40. The topological polar surface area (TPSA) is 35.6 Å². The summed E-state index contributed by atoms with van der Waals surface area (Å²) < 4.78 is 0. The van der Waals surface area contributed by atoms with E-state index in [-0.39, 0.29) is 6.03 Å². The molecule has 1 saturated heterocycles. The standard InChI is InChI=1S/C10H21N3O/c1-8(5-9-6-11-7-9)13(4)10(14)12(2)3/h8-9,11H,5-7H2,1-4H3. The summed E-state index contributed by atoms with van der Waals surface area (Å²) in [5.41, 5.74) is 0. The van der Waals surface area contributed by atoms with Crippen molar-refractivity contribution in [1.82, 2.24) is 15.1 Å². The van der Waals surface area contributed by atoms with Crippen molar-refractivity contribution >= 4 is 6.03 Å². The molecule has 1 rings (SSSR count). The number of nitrogens with zero attached hydrogens (tertiary/aromatic N) is 2. The minimum atomic E-state index is 0.0878. The van der Waals surface area contributed by atoms with Crippen molar-refractivity contribution in [2.45, 2.75) is 19.4 Å². The van der Waals surface area contributed by atoms with E-state index in [1.807, 2.05) is 11.9 Å². The normalized spacial score (nSPS) is 18.6. The van der Waals surface area contributed by atoms with Crippen molar-refractivity contribution in [3.63, 3.8) is 0 Å². The van der Waals surface area contributed by atoms with Gasteiger partial charge in [0.05, 0.1) is 0 Å². The van der Waals surface area contributed by atoms with Gasteiger partial charge in [0.2, 0.25) is 0 Å². The van der Waals surface area contributed by atoms with E-state index in [1.54, 1.807) is 19.0 Å². The number of hydrogen-bond acceptors (Lipinski definition) is 2. The summed E-state index contributed by atoms with van der Waals surface area (Å²) in [6, 6.07) is 0.418. The van der Waals surface area contributed by atoms with Gasteiger partial charge in [0.1, 0.15) is 0 Å². The van der Waals surface area contributed by atoms with Crippen LogP contribution in [0.15, 0.2) is 0 Å². The number of urea groups is 1. The van der Waals surface area contributed by atoms with Gasteiger partial charge in [-0.1, -0.05) is 0 Å². The SMILES string of the molecule is CC(CC1CNC1)N(C)C(=O)N(C)C. The average molecular weight is 199 g/mol. The Bertz CT molecular complexity index is 202. The van der Waals surface area contributed by atoms with Crippen LogP contribution in [-0.4, -0.2) is 56.1 Å². The lowest BCUT2D eigenvalue weighted by Crippen LogP contribution is -2.48. The van der Waals surface area contributed by atoms with Gasteiger partial charge in [0.25, 0.3) is 0 Å². The molecule has 1 aliphatic heterocycles. The predicted molar refractivity (Wildman–Crippen MR) is 57.3 cm³/mol. The Balaban J connectivity index is 2.34. The molecule has 0 aromatic rings. The zero-order chi connectivity index (χ0) is 10.7. The summed E-state index contributed by atoms with van der Waals surface area (Å²) in [6.07, 6.45) is 1.10. The highest BCUT2D eigenvalue weighted by atomic mass is 16.2. The maximum absolute atomic E-state index is 11.6. The smallest absolute Gasteiger partial charge is 0.319 e. The molecule has 1 aliphatic rings. The average Bonchev–Trinajstić information content (AvgIpc) is 2.08. The Morgan fingerprint density at radius 1 is 1.43 bits per heavy atom. The third-order valence-electron chi connectivity index (χ3n) is 2.89. The van der Waals surface area contributed by atoms with Crippen molar-refractivity contribution < 1.29 is 4.79 Å². The molecule has 4 nitrogen and oxygen atoms in total. The van der Waals surface area contributed by atoms with E-state index in [0.717, 1.165) is 25.4 Å². The van der Waals surface area contributed by atoms with Crippen molar-refractivity contribution in [3.05, 3.63) is 0 Å². The van der Waals surface area contributed by atoms with Gasteiger partial charge in [-0.3, -0.25) is 0 Å². The second kappa shape index (κ2) is 4.64. The molecule has 82 valence electrons. The van der Waals surface area contributed by atoms with Crippen LogP contribution in [0.5, 0.6) is 0 Å². The Morgan fingerprint density at radius 3 is 2.36 bits per heavy atom. The Labute approximate surface area is 86.2 Å². The van der Waals surface area contributed by atoms with Gasteiger partial charge in [0, 0.05) is 27.2 Å². The van der Waals surface area contributed by atoms with E-state index in [4.69, 9.17) is 0 Å². The minimum Gasteiger partial charge on any atom is -0.331 e. The van der Waals surface area contributed by atoms with E-state index in [2.05, 4.69) is 12.2 Å². The Morgan fingerprint density at radius 2 is 2.00 bits per heavy atom. The van der Waals surface area contributed by atoms with Crippen LogP contribution < -0.4 is 5.32 Å². The first-order chi connectivity index (χ1) is 6.52. The fourth-order valence-corrected chi connectivity index (χ4v) is 1.66. The second-order valence-corrected chi connectivity index (χ2v) is 4.40. The largest absolute Gasteiger partial charge is 0.331 e. The number of carbonyl (C=O) groups is 1. The molecule has 1 atom stereocenters. The molecule has 0 radical (unpaired) electrons. The lowest BCUT2D eigenvalue weighted by atomic mass is 9.95. The highest BCUT2D eigenvalue weighted by Gasteiger charge is 2.24. The monoisotopic (exact) mass is 199 g/mol. The summed E-state index contributed by atoms with van der Waals surface area (Å²) in [4.78, 5) is 15.0. The fraction of sp³-hybridized carbons (Fsp3) is 0.900. The van der Waals surface area contributed by atoms with Gasteiger partial charge < -0.3 is 15.1 Å². The van der Waals surface area contributed by atoms with E-state index in [9.17, 15) is 4.79 Å². The van der Waals surface area contributed by atoms with E-state index >= 15 is 0 Å². The molecule has 2 amide bonds. The molecule has 4 heteroatoms. The summed E-state index contributed by atoms with van der Waals surface area (Å²) in [5, 5.41) is 3.24. The van der Waals surface area contributed by atoms with Crippen LogP contribution in [-0.2, 0) is 0 Å². The van der Waals surface area contributed by atoms with Crippen LogP contribution in [0, 0.1) is 5.92 Å². The number of nitrogens with one attached hydrogen (secondary N) is 1. The maximum atomic E-state index is 11.6. The summed E-state index contributed by atoms with van der Waals surface area (Å²) >= 11 is 0. The first-order valence-corrected chi connectivity index (χ1v) is 5.17. The molecular weight excluding hydrogens is 178 g/mol. The lowest BCUT2D eigenvalue weighted by Gasteiger charge is -2.34. The van der Waals surface area contributed by atoms with Gasteiger partial charge in [-0.25, -0.2) is 4.79 Å². The maximum Gasteiger partial charge on any atom is 0.319 e. The predicted octanol–water partition coefficient (Wildman–Crippen LogP) is 0.598. The van der Waals surface area contributed by atoms with Crippen molar-refractivity contribution in [2.24, 2.45) is 5.92 Å². The van der Waals surface area contributed by atoms with Crippen LogP contribution in [0.3, 0.4) is 0 Å². The van der Waals surface area contributed by atoms with Crippen LogP contribution in [0.2, 0.25) is 0 Å². The summed E-state index contributed by atoms with van der Waals surface area (Å²) in [5.74, 6) is 0.752. The van der Waals surface area contributed by atoms with Crippen molar-refractivity contribution in [3.8, 4) is 0 Å². The molecule has 0 aromatic carbocycles. The third-order valence-corrected chi connectivity index (χ3v) is 2.89. The molecule has 1 fully saturated rings. The van der Waals surface area contributed by atoms with Gasteiger partial charge in [-0.15, -0.1) is 0 Å². The van der Waals surface area contributed by atoms with Gasteiger partial charge in [-0.2, -0.15) is 0 Å². The zero-order valence-electron chi connectivity index (χ0n) is 9.58. The molecule has 1 unspecified atom stereocenters. The van der Waals surface area contributed by atoms with Gasteiger partial charge in [0.15, 0.2) is 0 Å². The zero-order valence-corrected chi connectivity index (χ0v) is 9.58. The number of rotatable bonds is 3. The molecule has 0 aliphatic carbocycles. The highest BCUT2D eigenvalue weighted by molar-refractivity contribution is 5.73.